The number of hydrogen-bond acceptors (Lipinski definition) is 2. The molecule has 0 radical (unpaired) electrons. The molecule has 16 heavy (non-hydrogen) atoms. The third-order valence-corrected chi connectivity index (χ3v) is 4.18. The number of ketones is 1. The fraction of sp³-hybridized carbons (Fsp3) is 0.615. The minimum Gasteiger partial charge on any atom is -0.379 e. The topological polar surface area (TPSA) is 42.1 Å². The van der Waals surface area contributed by atoms with Crippen molar-refractivity contribution in [3.8, 4) is 0 Å². The Morgan fingerprint density at radius 1 is 1.31 bits per heavy atom. The molecule has 1 saturated heterocycles. The predicted octanol–water partition coefficient (Wildman–Crippen LogP) is 2.04. The van der Waals surface area contributed by atoms with Crippen LogP contribution in [0.2, 0.25) is 0 Å². The van der Waals surface area contributed by atoms with Crippen molar-refractivity contribution >= 4 is 5.78 Å². The number of carbonyl (C=O) groups is 1. The first-order valence-electron chi connectivity index (χ1n) is 6.04. The standard InChI is InChI=1S/C13H17NO2/c15-11-5-3-10(4-6-11)13(8-16-9-13)12-2-1-7-14-12/h1-2,7,10,14H,3-6,8-9H2. The number of aromatic amines is 1. The Morgan fingerprint density at radius 3 is 2.56 bits per heavy atom. The SMILES string of the molecule is O=C1CCC(C2(c3ccc[nH]3)COC2)CC1. The molecule has 0 atom stereocenters. The van der Waals surface area contributed by atoms with E-state index in [0.29, 0.717) is 11.7 Å². The Morgan fingerprint density at radius 2 is 2.06 bits per heavy atom. The summed E-state index contributed by atoms with van der Waals surface area (Å²) in [4.78, 5) is 14.6. The zero-order valence-electron chi connectivity index (χ0n) is 9.37. The molecule has 0 bridgehead atoms. The van der Waals surface area contributed by atoms with Gasteiger partial charge in [-0.2, -0.15) is 0 Å². The molecule has 1 saturated carbocycles. The van der Waals surface area contributed by atoms with E-state index in [0.717, 1.165) is 38.9 Å². The lowest BCUT2D eigenvalue weighted by Crippen LogP contribution is -2.53. The number of H-pyrrole nitrogens is 1. The molecule has 86 valence electrons. The number of hydrogen-bond donors (Lipinski definition) is 1. The number of ether oxygens (including phenoxy) is 1. The summed E-state index contributed by atoms with van der Waals surface area (Å²) in [5, 5.41) is 0. The van der Waals surface area contributed by atoms with E-state index in [-0.39, 0.29) is 5.41 Å². The molecule has 1 aromatic heterocycles. The predicted molar refractivity (Wildman–Crippen MR) is 60.3 cm³/mol. The minimum atomic E-state index is 0.171. The highest BCUT2D eigenvalue weighted by molar-refractivity contribution is 5.79. The molecule has 0 aromatic carbocycles. The van der Waals surface area contributed by atoms with Crippen LogP contribution in [0.5, 0.6) is 0 Å². The Bertz CT molecular complexity index is 369. The van der Waals surface area contributed by atoms with Gasteiger partial charge in [0, 0.05) is 24.7 Å². The Labute approximate surface area is 95.2 Å². The average Bonchev–Trinajstić information content (AvgIpc) is 2.73. The number of Topliss-reactive ketones (excluding diaryl/α,β-unsaturated/α-hetero) is 1. The summed E-state index contributed by atoms with van der Waals surface area (Å²) in [6.45, 7) is 1.62. The van der Waals surface area contributed by atoms with E-state index in [1.807, 2.05) is 12.3 Å². The number of carbonyl (C=O) groups excluding carboxylic acids is 1. The van der Waals surface area contributed by atoms with Gasteiger partial charge in [-0.3, -0.25) is 4.79 Å². The molecule has 1 aromatic rings. The van der Waals surface area contributed by atoms with Crippen LogP contribution in [0.25, 0.3) is 0 Å². The quantitative estimate of drug-likeness (QED) is 0.827. The van der Waals surface area contributed by atoms with Gasteiger partial charge in [-0.15, -0.1) is 0 Å². The summed E-state index contributed by atoms with van der Waals surface area (Å²) >= 11 is 0. The van der Waals surface area contributed by atoms with Gasteiger partial charge in [-0.25, -0.2) is 0 Å². The Kier molecular flexibility index (Phi) is 2.36. The molecule has 2 fully saturated rings. The van der Waals surface area contributed by atoms with Crippen LogP contribution in [0.3, 0.4) is 0 Å². The van der Waals surface area contributed by atoms with E-state index in [2.05, 4.69) is 11.1 Å². The highest BCUT2D eigenvalue weighted by Crippen LogP contribution is 2.44. The number of nitrogens with one attached hydrogen (secondary N) is 1. The van der Waals surface area contributed by atoms with E-state index < -0.39 is 0 Å². The largest absolute Gasteiger partial charge is 0.379 e. The summed E-state index contributed by atoms with van der Waals surface area (Å²) in [6.07, 6.45) is 5.55. The second-order valence-corrected chi connectivity index (χ2v) is 5.05. The van der Waals surface area contributed by atoms with Crippen LogP contribution in [0.15, 0.2) is 18.3 Å². The van der Waals surface area contributed by atoms with Crippen molar-refractivity contribution in [3.63, 3.8) is 0 Å². The van der Waals surface area contributed by atoms with Crippen molar-refractivity contribution in [1.82, 2.24) is 4.98 Å². The van der Waals surface area contributed by atoms with Gasteiger partial charge < -0.3 is 9.72 Å². The van der Waals surface area contributed by atoms with E-state index >= 15 is 0 Å². The summed E-state index contributed by atoms with van der Waals surface area (Å²) in [6, 6.07) is 4.20. The lowest BCUT2D eigenvalue weighted by atomic mass is 9.65. The van der Waals surface area contributed by atoms with Crippen molar-refractivity contribution in [3.05, 3.63) is 24.0 Å². The highest BCUT2D eigenvalue weighted by atomic mass is 16.5. The molecule has 3 heteroatoms. The van der Waals surface area contributed by atoms with Crippen molar-refractivity contribution in [2.24, 2.45) is 5.92 Å². The summed E-state index contributed by atoms with van der Waals surface area (Å²) in [5.74, 6) is 1.04. The fourth-order valence-corrected chi connectivity index (χ4v) is 3.07. The first-order valence-corrected chi connectivity index (χ1v) is 6.04. The molecule has 1 N–H and O–H groups in total. The first kappa shape index (κ1) is 10.1. The smallest absolute Gasteiger partial charge is 0.132 e. The van der Waals surface area contributed by atoms with E-state index in [9.17, 15) is 4.79 Å². The van der Waals surface area contributed by atoms with Crippen LogP contribution in [0.4, 0.5) is 0 Å². The summed E-state index contributed by atoms with van der Waals surface area (Å²) in [5.41, 5.74) is 1.46. The van der Waals surface area contributed by atoms with Crippen LogP contribution in [0, 0.1) is 5.92 Å². The number of aromatic nitrogens is 1. The molecule has 0 amide bonds. The van der Waals surface area contributed by atoms with Crippen molar-refractivity contribution < 1.29 is 9.53 Å². The van der Waals surface area contributed by atoms with E-state index in [4.69, 9.17) is 4.74 Å². The maximum atomic E-state index is 11.3. The maximum Gasteiger partial charge on any atom is 0.132 e. The molecule has 3 rings (SSSR count). The van der Waals surface area contributed by atoms with Crippen LogP contribution in [0.1, 0.15) is 31.4 Å². The molecule has 2 aliphatic rings. The highest BCUT2D eigenvalue weighted by Gasteiger charge is 2.48. The monoisotopic (exact) mass is 219 g/mol. The van der Waals surface area contributed by atoms with Gasteiger partial charge >= 0.3 is 0 Å². The normalized spacial score (nSPS) is 25.4. The van der Waals surface area contributed by atoms with Crippen LogP contribution < -0.4 is 0 Å². The van der Waals surface area contributed by atoms with Crippen LogP contribution in [-0.2, 0) is 14.9 Å². The lowest BCUT2D eigenvalue weighted by molar-refractivity contribution is -0.127. The molecular weight excluding hydrogens is 202 g/mol. The van der Waals surface area contributed by atoms with Gasteiger partial charge in [0.15, 0.2) is 0 Å². The molecular formula is C13H17NO2. The molecule has 2 heterocycles. The van der Waals surface area contributed by atoms with Crippen molar-refractivity contribution in [2.45, 2.75) is 31.1 Å². The van der Waals surface area contributed by atoms with E-state index in [1.165, 1.54) is 5.69 Å². The van der Waals surface area contributed by atoms with Crippen molar-refractivity contribution in [1.29, 1.82) is 0 Å². The van der Waals surface area contributed by atoms with Crippen LogP contribution in [-0.4, -0.2) is 24.0 Å². The lowest BCUT2D eigenvalue weighted by Gasteiger charge is -2.48. The Hall–Kier alpha value is -1.09. The zero-order valence-corrected chi connectivity index (χ0v) is 9.37. The maximum absolute atomic E-state index is 11.3. The molecule has 3 nitrogen and oxygen atoms in total. The van der Waals surface area contributed by atoms with Gasteiger partial charge in [-0.1, -0.05) is 0 Å². The molecule has 1 aliphatic heterocycles. The third kappa shape index (κ3) is 1.42. The summed E-state index contributed by atoms with van der Waals surface area (Å²) in [7, 11) is 0. The third-order valence-electron chi connectivity index (χ3n) is 4.18. The van der Waals surface area contributed by atoms with Gasteiger partial charge in [0.05, 0.1) is 18.6 Å². The second-order valence-electron chi connectivity index (χ2n) is 5.05. The van der Waals surface area contributed by atoms with Gasteiger partial charge in [0.1, 0.15) is 5.78 Å². The Balaban J connectivity index is 1.83. The van der Waals surface area contributed by atoms with E-state index in [1.54, 1.807) is 0 Å². The van der Waals surface area contributed by atoms with Gasteiger partial charge in [0.2, 0.25) is 0 Å². The van der Waals surface area contributed by atoms with Crippen molar-refractivity contribution in [2.75, 3.05) is 13.2 Å². The van der Waals surface area contributed by atoms with Gasteiger partial charge in [-0.05, 0) is 30.9 Å². The molecule has 0 unspecified atom stereocenters. The molecule has 0 spiro atoms. The van der Waals surface area contributed by atoms with Gasteiger partial charge in [0.25, 0.3) is 0 Å². The second kappa shape index (κ2) is 3.74. The first-order chi connectivity index (χ1) is 7.81. The van der Waals surface area contributed by atoms with Crippen LogP contribution >= 0.6 is 0 Å². The minimum absolute atomic E-state index is 0.171. The number of rotatable bonds is 2. The zero-order chi connectivity index (χ0) is 11.0. The summed E-state index contributed by atoms with van der Waals surface area (Å²) < 4.78 is 5.44. The molecule has 1 aliphatic carbocycles. The fourth-order valence-electron chi connectivity index (χ4n) is 3.07. The average molecular weight is 219 g/mol.